The van der Waals surface area contributed by atoms with Crippen LogP contribution < -0.4 is 5.32 Å². The fourth-order valence-corrected chi connectivity index (χ4v) is 5.36. The molecule has 0 bridgehead atoms. The van der Waals surface area contributed by atoms with Crippen molar-refractivity contribution in [3.05, 3.63) is 87.4 Å². The fraction of sp³-hybridized carbons (Fsp3) is 0.136. The van der Waals surface area contributed by atoms with Crippen LogP contribution in [-0.2, 0) is 5.75 Å². The summed E-state index contributed by atoms with van der Waals surface area (Å²) in [6, 6.07) is 17.7. The molecular weight excluding hydrogens is 480 g/mol. The molecule has 0 saturated heterocycles. The van der Waals surface area contributed by atoms with Crippen LogP contribution in [0.2, 0.25) is 0 Å². The van der Waals surface area contributed by atoms with Gasteiger partial charge in [-0.1, -0.05) is 18.2 Å². The Kier molecular flexibility index (Phi) is 6.99. The van der Waals surface area contributed by atoms with Gasteiger partial charge in [-0.3, -0.25) is 9.78 Å². The van der Waals surface area contributed by atoms with Crippen LogP contribution in [0.4, 0.5) is 0 Å². The molecule has 0 radical (unpaired) electrons. The summed E-state index contributed by atoms with van der Waals surface area (Å²) < 4.78 is 2.88. The van der Waals surface area contributed by atoms with Gasteiger partial charge < -0.3 is 5.32 Å². The van der Waals surface area contributed by atoms with E-state index in [-0.39, 0.29) is 5.91 Å². The smallest absolute Gasteiger partial charge is 0.255 e. The summed E-state index contributed by atoms with van der Waals surface area (Å²) >= 11 is 7.03. The maximum atomic E-state index is 12.9. The number of nitrogens with one attached hydrogen (secondary N) is 1. The highest BCUT2D eigenvalue weighted by Gasteiger charge is 2.18. The molecule has 30 heavy (non-hydrogen) atoms. The van der Waals surface area contributed by atoms with Gasteiger partial charge in [-0.25, -0.2) is 4.68 Å². The Balaban J connectivity index is 1.45. The molecule has 1 N–H and O–H groups in total. The normalized spacial score (nSPS) is 10.8. The summed E-state index contributed by atoms with van der Waals surface area (Å²) in [6.07, 6.45) is 5.22. The molecule has 0 saturated carbocycles. The molecule has 0 spiro atoms. The van der Waals surface area contributed by atoms with E-state index in [1.54, 1.807) is 46.4 Å². The van der Waals surface area contributed by atoms with Crippen LogP contribution in [0.15, 0.2) is 77.0 Å². The van der Waals surface area contributed by atoms with Crippen LogP contribution in [0.5, 0.6) is 0 Å². The molecule has 0 aliphatic heterocycles. The SMILES string of the molecule is O=C(NCCSCc1ccc(Br)s1)c1cn(-c2ccccc2)nc1-c1cccnc1. The molecule has 0 atom stereocenters. The van der Waals surface area contributed by atoms with Crippen LogP contribution in [0.25, 0.3) is 16.9 Å². The standard InChI is InChI=1S/C22H19BrN4OS2/c23-20-9-8-18(30-20)15-29-12-11-25-22(28)19-14-27(17-6-2-1-3-7-17)26-21(19)16-5-4-10-24-13-16/h1-10,13-14H,11-12,15H2,(H,25,28). The van der Waals surface area contributed by atoms with E-state index in [1.807, 2.05) is 42.5 Å². The van der Waals surface area contributed by atoms with E-state index >= 15 is 0 Å². The number of halogens is 1. The second kappa shape index (κ2) is 10.1. The van der Waals surface area contributed by atoms with Crippen molar-refractivity contribution >= 4 is 44.9 Å². The second-order valence-electron chi connectivity index (χ2n) is 6.43. The summed E-state index contributed by atoms with van der Waals surface area (Å²) in [6.45, 7) is 0.596. The van der Waals surface area contributed by atoms with Crippen LogP contribution in [-0.4, -0.2) is 33.0 Å². The van der Waals surface area contributed by atoms with Crippen LogP contribution in [0.3, 0.4) is 0 Å². The highest BCUT2D eigenvalue weighted by molar-refractivity contribution is 9.11. The number of rotatable bonds is 8. The van der Waals surface area contributed by atoms with Gasteiger partial charge in [0.25, 0.3) is 5.91 Å². The van der Waals surface area contributed by atoms with Crippen molar-refractivity contribution in [3.63, 3.8) is 0 Å². The van der Waals surface area contributed by atoms with Crippen molar-refractivity contribution in [1.82, 2.24) is 20.1 Å². The van der Waals surface area contributed by atoms with E-state index in [4.69, 9.17) is 0 Å². The molecule has 8 heteroatoms. The van der Waals surface area contributed by atoms with Gasteiger partial charge in [0.1, 0.15) is 5.69 Å². The topological polar surface area (TPSA) is 59.8 Å². The number of carbonyl (C=O) groups is 1. The number of benzene rings is 1. The molecule has 0 unspecified atom stereocenters. The number of thiophene rings is 1. The number of thioether (sulfide) groups is 1. The molecule has 5 nitrogen and oxygen atoms in total. The number of aromatic nitrogens is 3. The van der Waals surface area contributed by atoms with Gasteiger partial charge in [0.15, 0.2) is 0 Å². The quantitative estimate of drug-likeness (QED) is 0.329. The Bertz CT molecular complexity index is 1110. The minimum atomic E-state index is -0.129. The maximum Gasteiger partial charge on any atom is 0.255 e. The number of nitrogens with zero attached hydrogens (tertiary/aromatic N) is 3. The van der Waals surface area contributed by atoms with Crippen LogP contribution in [0, 0.1) is 0 Å². The molecule has 1 aromatic carbocycles. The molecule has 4 aromatic rings. The highest BCUT2D eigenvalue weighted by Crippen LogP contribution is 2.26. The van der Waals surface area contributed by atoms with E-state index in [9.17, 15) is 4.79 Å². The number of para-hydroxylation sites is 1. The minimum absolute atomic E-state index is 0.129. The van der Waals surface area contributed by atoms with E-state index in [0.29, 0.717) is 17.8 Å². The van der Waals surface area contributed by atoms with Gasteiger partial charge >= 0.3 is 0 Å². The van der Waals surface area contributed by atoms with Crippen LogP contribution in [0.1, 0.15) is 15.2 Å². The molecule has 3 aromatic heterocycles. The molecule has 3 heterocycles. The number of hydrogen-bond acceptors (Lipinski definition) is 5. The third-order valence-corrected chi connectivity index (χ3v) is 7.13. The highest BCUT2D eigenvalue weighted by atomic mass is 79.9. The Hall–Kier alpha value is -2.42. The van der Waals surface area contributed by atoms with Crippen molar-refractivity contribution in [2.75, 3.05) is 12.3 Å². The molecular formula is C22H19BrN4OS2. The van der Waals surface area contributed by atoms with Gasteiger partial charge in [-0.15, -0.1) is 11.3 Å². The Labute approximate surface area is 191 Å². The largest absolute Gasteiger partial charge is 0.351 e. The van der Waals surface area contributed by atoms with Gasteiger partial charge in [-0.2, -0.15) is 16.9 Å². The summed E-state index contributed by atoms with van der Waals surface area (Å²) in [7, 11) is 0. The first-order valence-electron chi connectivity index (χ1n) is 9.36. The lowest BCUT2D eigenvalue weighted by Crippen LogP contribution is -2.26. The molecule has 1 amide bonds. The van der Waals surface area contributed by atoms with Crippen molar-refractivity contribution in [2.24, 2.45) is 0 Å². The fourth-order valence-electron chi connectivity index (χ4n) is 2.90. The zero-order valence-electron chi connectivity index (χ0n) is 16.0. The second-order valence-corrected chi connectivity index (χ2v) is 10.1. The Morgan fingerprint density at radius 2 is 2.00 bits per heavy atom. The molecule has 152 valence electrons. The predicted octanol–water partition coefficient (Wildman–Crippen LogP) is 5.42. The first-order valence-corrected chi connectivity index (χ1v) is 12.1. The average Bonchev–Trinajstić information content (AvgIpc) is 3.41. The summed E-state index contributed by atoms with van der Waals surface area (Å²) in [5.74, 6) is 1.66. The Morgan fingerprint density at radius 3 is 2.73 bits per heavy atom. The molecule has 0 fully saturated rings. The monoisotopic (exact) mass is 498 g/mol. The third-order valence-electron chi connectivity index (χ3n) is 4.32. The summed E-state index contributed by atoms with van der Waals surface area (Å²) in [4.78, 5) is 18.4. The first-order chi connectivity index (χ1) is 14.7. The zero-order chi connectivity index (χ0) is 20.8. The van der Waals surface area contributed by atoms with Crippen molar-refractivity contribution in [1.29, 1.82) is 0 Å². The van der Waals surface area contributed by atoms with Gasteiger partial charge in [-0.05, 0) is 52.3 Å². The minimum Gasteiger partial charge on any atom is -0.351 e. The average molecular weight is 499 g/mol. The molecule has 0 aliphatic carbocycles. The van der Waals surface area contributed by atoms with Crippen molar-refractivity contribution in [2.45, 2.75) is 5.75 Å². The van der Waals surface area contributed by atoms with E-state index in [0.717, 1.165) is 26.5 Å². The third kappa shape index (κ3) is 5.19. The number of carbonyl (C=O) groups excluding carboxylic acids is 1. The van der Waals surface area contributed by atoms with Crippen molar-refractivity contribution in [3.8, 4) is 16.9 Å². The van der Waals surface area contributed by atoms with E-state index in [2.05, 4.69) is 43.5 Å². The predicted molar refractivity (Wildman–Crippen MR) is 127 cm³/mol. The van der Waals surface area contributed by atoms with Crippen LogP contribution >= 0.6 is 39.0 Å². The molecule has 4 rings (SSSR count). The maximum absolute atomic E-state index is 12.9. The van der Waals surface area contributed by atoms with E-state index < -0.39 is 0 Å². The lowest BCUT2D eigenvalue weighted by molar-refractivity contribution is 0.0957. The number of pyridine rings is 1. The van der Waals surface area contributed by atoms with E-state index in [1.165, 1.54) is 4.88 Å². The van der Waals surface area contributed by atoms with Crippen molar-refractivity contribution < 1.29 is 4.79 Å². The van der Waals surface area contributed by atoms with Gasteiger partial charge in [0, 0.05) is 47.1 Å². The molecule has 0 aliphatic rings. The first kappa shape index (κ1) is 20.8. The summed E-state index contributed by atoms with van der Waals surface area (Å²) in [5.41, 5.74) is 2.88. The number of hydrogen-bond donors (Lipinski definition) is 1. The number of amides is 1. The lowest BCUT2D eigenvalue weighted by atomic mass is 10.1. The summed E-state index contributed by atoms with van der Waals surface area (Å²) in [5, 5.41) is 7.69. The Morgan fingerprint density at radius 1 is 1.13 bits per heavy atom. The zero-order valence-corrected chi connectivity index (χ0v) is 19.2. The van der Waals surface area contributed by atoms with Gasteiger partial charge in [0.2, 0.25) is 0 Å². The lowest BCUT2D eigenvalue weighted by Gasteiger charge is -2.05. The van der Waals surface area contributed by atoms with Gasteiger partial charge in [0.05, 0.1) is 15.0 Å².